The summed E-state index contributed by atoms with van der Waals surface area (Å²) in [7, 11) is 0. The largest absolute Gasteiger partial charge is 0.468 e. The molecule has 1 aliphatic rings. The molecule has 0 amide bonds. The lowest BCUT2D eigenvalue weighted by Gasteiger charge is -2.28. The van der Waals surface area contributed by atoms with Crippen LogP contribution in [0.4, 0.5) is 0 Å². The van der Waals surface area contributed by atoms with E-state index >= 15 is 0 Å². The van der Waals surface area contributed by atoms with Crippen LogP contribution in [-0.2, 0) is 4.74 Å². The molecule has 0 radical (unpaired) electrons. The van der Waals surface area contributed by atoms with Gasteiger partial charge in [-0.1, -0.05) is 13.8 Å². The van der Waals surface area contributed by atoms with E-state index in [0.717, 1.165) is 18.7 Å². The molecule has 1 aromatic heterocycles. The zero-order valence-corrected chi connectivity index (χ0v) is 11.8. The fourth-order valence-electron chi connectivity index (χ4n) is 3.06. The van der Waals surface area contributed by atoms with Crippen molar-refractivity contribution in [2.24, 2.45) is 11.8 Å². The van der Waals surface area contributed by atoms with Crippen molar-refractivity contribution in [1.82, 2.24) is 5.32 Å². The molecule has 0 aromatic carbocycles. The summed E-state index contributed by atoms with van der Waals surface area (Å²) in [6, 6.07) is 4.29. The molecule has 5 unspecified atom stereocenters. The Morgan fingerprint density at radius 1 is 1.28 bits per heavy atom. The summed E-state index contributed by atoms with van der Waals surface area (Å²) in [5, 5.41) is 3.62. The maximum atomic E-state index is 5.96. The third kappa shape index (κ3) is 2.62. The summed E-state index contributed by atoms with van der Waals surface area (Å²) in [6.45, 7) is 9.82. The van der Waals surface area contributed by atoms with E-state index in [9.17, 15) is 0 Å². The minimum atomic E-state index is 0.259. The van der Waals surface area contributed by atoms with E-state index in [0.29, 0.717) is 17.9 Å². The molecular weight excluding hydrogens is 226 g/mol. The maximum absolute atomic E-state index is 5.96. The molecule has 2 rings (SSSR count). The quantitative estimate of drug-likeness (QED) is 0.871. The second-order valence-electron chi connectivity index (χ2n) is 5.43. The minimum absolute atomic E-state index is 0.259. The van der Waals surface area contributed by atoms with Gasteiger partial charge in [0.2, 0.25) is 0 Å². The molecule has 1 fully saturated rings. The van der Waals surface area contributed by atoms with Crippen molar-refractivity contribution in [1.29, 1.82) is 0 Å². The Labute approximate surface area is 110 Å². The average molecular weight is 251 g/mol. The Kier molecular flexibility index (Phi) is 4.46. The van der Waals surface area contributed by atoms with Gasteiger partial charge in [-0.25, -0.2) is 0 Å². The van der Waals surface area contributed by atoms with E-state index in [4.69, 9.17) is 9.15 Å². The van der Waals surface area contributed by atoms with Crippen molar-refractivity contribution in [3.05, 3.63) is 24.2 Å². The topological polar surface area (TPSA) is 34.4 Å². The molecule has 1 saturated heterocycles. The first-order chi connectivity index (χ1) is 8.65. The summed E-state index contributed by atoms with van der Waals surface area (Å²) in [5.41, 5.74) is 0. The first-order valence-electron chi connectivity index (χ1n) is 7.07. The minimum Gasteiger partial charge on any atom is -0.468 e. The predicted octanol–water partition coefficient (Wildman–Crippen LogP) is 3.38. The molecule has 3 nitrogen and oxygen atoms in total. The summed E-state index contributed by atoms with van der Waals surface area (Å²) < 4.78 is 11.6. The van der Waals surface area contributed by atoms with Crippen LogP contribution in [-0.4, -0.2) is 18.8 Å². The van der Waals surface area contributed by atoms with E-state index in [1.54, 1.807) is 6.26 Å². The van der Waals surface area contributed by atoms with Crippen LogP contribution in [0.5, 0.6) is 0 Å². The molecule has 3 heteroatoms. The number of nitrogens with one attached hydrogen (secondary N) is 1. The third-order valence-electron chi connectivity index (χ3n) is 4.17. The van der Waals surface area contributed by atoms with Crippen molar-refractivity contribution in [2.75, 3.05) is 6.54 Å². The van der Waals surface area contributed by atoms with Gasteiger partial charge in [0, 0.05) is 5.92 Å². The molecule has 0 aliphatic carbocycles. The lowest BCUT2D eigenvalue weighted by Crippen LogP contribution is -2.35. The van der Waals surface area contributed by atoms with Gasteiger partial charge >= 0.3 is 0 Å². The van der Waals surface area contributed by atoms with Crippen LogP contribution < -0.4 is 5.32 Å². The first kappa shape index (κ1) is 13.6. The van der Waals surface area contributed by atoms with Gasteiger partial charge in [-0.3, -0.25) is 0 Å². The number of rotatable bonds is 5. The second-order valence-corrected chi connectivity index (χ2v) is 5.43. The Morgan fingerprint density at radius 2 is 2.06 bits per heavy atom. The van der Waals surface area contributed by atoms with Gasteiger partial charge in [0.1, 0.15) is 5.76 Å². The smallest absolute Gasteiger partial charge is 0.121 e. The first-order valence-corrected chi connectivity index (χ1v) is 7.07. The molecule has 102 valence electrons. The van der Waals surface area contributed by atoms with Crippen LogP contribution in [0.3, 0.4) is 0 Å². The van der Waals surface area contributed by atoms with Gasteiger partial charge in [-0.2, -0.15) is 0 Å². The van der Waals surface area contributed by atoms with Crippen molar-refractivity contribution < 1.29 is 9.15 Å². The van der Waals surface area contributed by atoms with E-state index in [-0.39, 0.29) is 12.1 Å². The molecule has 0 spiro atoms. The van der Waals surface area contributed by atoms with Crippen LogP contribution in [0.25, 0.3) is 0 Å². The number of hydrogen-bond donors (Lipinski definition) is 1. The molecule has 1 N–H and O–H groups in total. The summed E-state index contributed by atoms with van der Waals surface area (Å²) in [4.78, 5) is 0. The third-order valence-corrected chi connectivity index (χ3v) is 4.17. The fourth-order valence-corrected chi connectivity index (χ4v) is 3.06. The van der Waals surface area contributed by atoms with Crippen LogP contribution in [0, 0.1) is 11.8 Å². The Bertz CT molecular complexity index is 349. The molecule has 0 saturated carbocycles. The van der Waals surface area contributed by atoms with Gasteiger partial charge in [0.15, 0.2) is 0 Å². The molecule has 1 aromatic rings. The zero-order valence-electron chi connectivity index (χ0n) is 11.8. The highest BCUT2D eigenvalue weighted by Gasteiger charge is 2.42. The average Bonchev–Trinajstić information content (AvgIpc) is 2.93. The highest BCUT2D eigenvalue weighted by molar-refractivity contribution is 5.09. The van der Waals surface area contributed by atoms with Crippen LogP contribution >= 0.6 is 0 Å². The van der Waals surface area contributed by atoms with Crippen molar-refractivity contribution in [2.45, 2.75) is 52.4 Å². The molecule has 0 bridgehead atoms. The van der Waals surface area contributed by atoms with Crippen LogP contribution in [0.1, 0.15) is 45.9 Å². The van der Waals surface area contributed by atoms with Gasteiger partial charge < -0.3 is 14.5 Å². The maximum Gasteiger partial charge on any atom is 0.121 e. The van der Waals surface area contributed by atoms with Crippen LogP contribution in [0.15, 0.2) is 22.8 Å². The molecular formula is C15H25NO2. The summed E-state index contributed by atoms with van der Waals surface area (Å²) in [5.74, 6) is 2.04. The number of hydrogen-bond acceptors (Lipinski definition) is 3. The summed E-state index contributed by atoms with van der Waals surface area (Å²) in [6.07, 6.45) is 3.48. The zero-order chi connectivity index (χ0) is 13.1. The number of ether oxygens (including phenoxy) is 1. The molecule has 2 heterocycles. The molecule has 5 atom stereocenters. The van der Waals surface area contributed by atoms with Crippen molar-refractivity contribution in [3.63, 3.8) is 0 Å². The van der Waals surface area contributed by atoms with Gasteiger partial charge in [0.05, 0.1) is 24.5 Å². The lowest BCUT2D eigenvalue weighted by atomic mass is 9.82. The molecule has 1 aliphatic heterocycles. The predicted molar refractivity (Wildman–Crippen MR) is 72.4 cm³/mol. The monoisotopic (exact) mass is 251 g/mol. The van der Waals surface area contributed by atoms with Crippen molar-refractivity contribution >= 4 is 0 Å². The Morgan fingerprint density at radius 3 is 2.56 bits per heavy atom. The fraction of sp³-hybridized carbons (Fsp3) is 0.733. The van der Waals surface area contributed by atoms with Gasteiger partial charge in [-0.15, -0.1) is 0 Å². The standard InChI is InChI=1S/C15H25NO2/c1-5-8-16-15(13-7-6-9-17-13)14-10(2)11(3)18-12(14)4/h6-7,9-12,14-16H,5,8H2,1-4H3. The summed E-state index contributed by atoms with van der Waals surface area (Å²) >= 11 is 0. The highest BCUT2D eigenvalue weighted by Crippen LogP contribution is 2.40. The van der Waals surface area contributed by atoms with Gasteiger partial charge in [-0.05, 0) is 44.9 Å². The van der Waals surface area contributed by atoms with Crippen LogP contribution in [0.2, 0.25) is 0 Å². The second kappa shape index (κ2) is 5.89. The SMILES string of the molecule is CCCNC(c1ccco1)C1C(C)OC(C)C1C. The highest BCUT2D eigenvalue weighted by atomic mass is 16.5. The number of furan rings is 1. The normalized spacial score (nSPS) is 33.8. The lowest BCUT2D eigenvalue weighted by molar-refractivity contribution is 0.0465. The van der Waals surface area contributed by atoms with E-state index in [1.807, 2.05) is 6.07 Å². The van der Waals surface area contributed by atoms with Crippen molar-refractivity contribution in [3.8, 4) is 0 Å². The molecule has 18 heavy (non-hydrogen) atoms. The van der Waals surface area contributed by atoms with E-state index in [1.165, 1.54) is 0 Å². The van der Waals surface area contributed by atoms with E-state index in [2.05, 4.69) is 39.1 Å². The Balaban J connectivity index is 2.18. The Hall–Kier alpha value is -0.800. The van der Waals surface area contributed by atoms with Gasteiger partial charge in [0.25, 0.3) is 0 Å². The van der Waals surface area contributed by atoms with E-state index < -0.39 is 0 Å².